The summed E-state index contributed by atoms with van der Waals surface area (Å²) < 4.78 is 1.82. The average Bonchev–Trinajstić information content (AvgIpc) is 3.32. The molecule has 0 bridgehead atoms. The van der Waals surface area contributed by atoms with Crippen molar-refractivity contribution in [2.45, 2.75) is 19.0 Å². The minimum Gasteiger partial charge on any atom is -0.508 e. The Morgan fingerprint density at radius 2 is 1.59 bits per heavy atom. The van der Waals surface area contributed by atoms with Gasteiger partial charge in [-0.15, -0.1) is 12.4 Å². The second-order valence-electron chi connectivity index (χ2n) is 8.91. The lowest BCUT2D eigenvalue weighted by atomic mass is 10.1. The Morgan fingerprint density at radius 3 is 2.27 bits per heavy atom. The average molecular weight is 526 g/mol. The lowest BCUT2D eigenvalue weighted by Gasteiger charge is -2.36. The SMILES string of the molecule is Cl.OCCn1cnc2c(N[C@@H](CO)Cc3ccccc3)nc(N3CCN(c4ccc(O)cc4)CC3)nc21. The normalized spacial score (nSPS) is 14.4. The third-order valence-electron chi connectivity index (χ3n) is 6.46. The highest BCUT2D eigenvalue weighted by Crippen LogP contribution is 2.26. The van der Waals surface area contributed by atoms with Crippen LogP contribution in [0, 0.1) is 0 Å². The number of fused-ring (bicyclic) bond motifs is 1. The number of nitrogens with zero attached hydrogens (tertiary/aromatic N) is 6. The van der Waals surface area contributed by atoms with Gasteiger partial charge in [0.2, 0.25) is 5.95 Å². The Hall–Kier alpha value is -3.60. The summed E-state index contributed by atoms with van der Waals surface area (Å²) in [5, 5.41) is 32.6. The topological polar surface area (TPSA) is 123 Å². The highest BCUT2D eigenvalue weighted by atomic mass is 35.5. The number of halogens is 1. The van der Waals surface area contributed by atoms with Crippen LogP contribution in [0.3, 0.4) is 0 Å². The Bertz CT molecular complexity index is 1280. The third-order valence-corrected chi connectivity index (χ3v) is 6.46. The van der Waals surface area contributed by atoms with Crippen LogP contribution in [-0.2, 0) is 13.0 Å². The van der Waals surface area contributed by atoms with Crippen LogP contribution < -0.4 is 15.1 Å². The summed E-state index contributed by atoms with van der Waals surface area (Å²) in [6, 6.07) is 17.0. The van der Waals surface area contributed by atoms with Gasteiger partial charge in [-0.3, -0.25) is 0 Å². The fraction of sp³-hybridized carbons (Fsp3) is 0.346. The quantitative estimate of drug-likeness (QED) is 0.260. The maximum Gasteiger partial charge on any atom is 0.229 e. The zero-order valence-electron chi connectivity index (χ0n) is 20.4. The molecule has 196 valence electrons. The second-order valence-corrected chi connectivity index (χ2v) is 8.91. The highest BCUT2D eigenvalue weighted by molar-refractivity contribution is 5.85. The van der Waals surface area contributed by atoms with Crippen molar-refractivity contribution in [2.24, 2.45) is 0 Å². The Kier molecular flexibility index (Phi) is 8.65. The molecule has 37 heavy (non-hydrogen) atoms. The summed E-state index contributed by atoms with van der Waals surface area (Å²) in [7, 11) is 0. The van der Waals surface area contributed by atoms with E-state index in [-0.39, 0.29) is 37.4 Å². The summed E-state index contributed by atoms with van der Waals surface area (Å²) in [4.78, 5) is 18.6. The molecule has 1 aliphatic heterocycles. The van der Waals surface area contributed by atoms with Crippen LogP contribution >= 0.6 is 12.4 Å². The van der Waals surface area contributed by atoms with E-state index < -0.39 is 0 Å². The van der Waals surface area contributed by atoms with Crippen molar-refractivity contribution in [2.75, 3.05) is 54.5 Å². The van der Waals surface area contributed by atoms with Crippen LogP contribution in [0.25, 0.3) is 11.2 Å². The molecule has 0 spiro atoms. The number of imidazole rings is 1. The Morgan fingerprint density at radius 1 is 0.892 bits per heavy atom. The van der Waals surface area contributed by atoms with E-state index in [9.17, 15) is 15.3 Å². The van der Waals surface area contributed by atoms with Crippen molar-refractivity contribution < 1.29 is 15.3 Å². The summed E-state index contributed by atoms with van der Waals surface area (Å²) in [6.07, 6.45) is 2.30. The molecular formula is C26H32ClN7O3. The first kappa shape index (κ1) is 26.5. The minimum absolute atomic E-state index is 0. The first-order chi connectivity index (χ1) is 17.6. The number of anilines is 3. The minimum atomic E-state index is -0.243. The number of aliphatic hydroxyl groups is 2. The van der Waals surface area contributed by atoms with Gasteiger partial charge in [-0.05, 0) is 36.2 Å². The number of phenolic OH excluding ortho intramolecular Hbond substituents is 1. The van der Waals surface area contributed by atoms with Crippen molar-refractivity contribution >= 4 is 41.0 Å². The van der Waals surface area contributed by atoms with Crippen molar-refractivity contribution in [3.8, 4) is 5.75 Å². The molecule has 11 heteroatoms. The Balaban J connectivity index is 0.00000320. The monoisotopic (exact) mass is 525 g/mol. The number of aromatic hydroxyl groups is 1. The number of rotatable bonds is 9. The molecule has 5 rings (SSSR count). The molecule has 0 aliphatic carbocycles. The predicted molar refractivity (Wildman–Crippen MR) is 147 cm³/mol. The van der Waals surface area contributed by atoms with E-state index in [1.807, 2.05) is 47.0 Å². The molecule has 3 heterocycles. The summed E-state index contributed by atoms with van der Waals surface area (Å²) >= 11 is 0. The molecule has 0 unspecified atom stereocenters. The molecule has 0 saturated carbocycles. The number of aliphatic hydroxyl groups excluding tert-OH is 2. The number of benzene rings is 2. The molecule has 1 aliphatic rings. The van der Waals surface area contributed by atoms with E-state index in [1.165, 1.54) is 0 Å². The van der Waals surface area contributed by atoms with Gasteiger partial charge in [-0.25, -0.2) is 4.98 Å². The van der Waals surface area contributed by atoms with Crippen LogP contribution in [0.1, 0.15) is 5.56 Å². The number of aromatic nitrogens is 4. The van der Waals surface area contributed by atoms with E-state index >= 15 is 0 Å². The van der Waals surface area contributed by atoms with Gasteiger partial charge in [0.05, 0.1) is 25.6 Å². The van der Waals surface area contributed by atoms with Gasteiger partial charge in [-0.1, -0.05) is 30.3 Å². The van der Waals surface area contributed by atoms with E-state index in [1.54, 1.807) is 18.5 Å². The third kappa shape index (κ3) is 6.04. The Labute approximate surface area is 221 Å². The first-order valence-corrected chi connectivity index (χ1v) is 12.2. The number of phenols is 1. The van der Waals surface area contributed by atoms with Gasteiger partial charge in [0.1, 0.15) is 5.75 Å². The smallest absolute Gasteiger partial charge is 0.229 e. The fourth-order valence-corrected chi connectivity index (χ4v) is 4.53. The molecule has 2 aromatic carbocycles. The van der Waals surface area contributed by atoms with E-state index in [0.717, 1.165) is 37.4 Å². The van der Waals surface area contributed by atoms with Crippen LogP contribution in [0.4, 0.5) is 17.5 Å². The van der Waals surface area contributed by atoms with Crippen LogP contribution in [0.15, 0.2) is 60.9 Å². The van der Waals surface area contributed by atoms with Crippen LogP contribution in [0.2, 0.25) is 0 Å². The number of piperazine rings is 1. The highest BCUT2D eigenvalue weighted by Gasteiger charge is 2.23. The van der Waals surface area contributed by atoms with Crippen molar-refractivity contribution in [1.82, 2.24) is 19.5 Å². The lowest BCUT2D eigenvalue weighted by molar-refractivity contribution is 0.273. The van der Waals surface area contributed by atoms with Gasteiger partial charge in [0.15, 0.2) is 17.0 Å². The lowest BCUT2D eigenvalue weighted by Crippen LogP contribution is -2.47. The summed E-state index contributed by atoms with van der Waals surface area (Å²) in [5.41, 5.74) is 3.44. The zero-order chi connectivity index (χ0) is 24.9. The number of hydrogen-bond donors (Lipinski definition) is 4. The summed E-state index contributed by atoms with van der Waals surface area (Å²) in [5.74, 6) is 1.42. The van der Waals surface area contributed by atoms with E-state index in [2.05, 4.69) is 20.1 Å². The molecule has 0 radical (unpaired) electrons. The van der Waals surface area contributed by atoms with Gasteiger partial charge in [0, 0.05) is 38.4 Å². The van der Waals surface area contributed by atoms with E-state index in [0.29, 0.717) is 35.9 Å². The van der Waals surface area contributed by atoms with Gasteiger partial charge in [0.25, 0.3) is 0 Å². The first-order valence-electron chi connectivity index (χ1n) is 12.2. The molecule has 1 saturated heterocycles. The second kappa shape index (κ2) is 12.1. The van der Waals surface area contributed by atoms with Crippen molar-refractivity contribution in [3.05, 3.63) is 66.5 Å². The molecule has 10 nitrogen and oxygen atoms in total. The maximum atomic E-state index is 10.1. The maximum absolute atomic E-state index is 10.1. The number of nitrogens with one attached hydrogen (secondary N) is 1. The number of hydrogen-bond acceptors (Lipinski definition) is 9. The van der Waals surface area contributed by atoms with Gasteiger partial charge in [-0.2, -0.15) is 9.97 Å². The fourth-order valence-electron chi connectivity index (χ4n) is 4.53. The van der Waals surface area contributed by atoms with Gasteiger partial charge < -0.3 is 35.0 Å². The molecule has 0 amide bonds. The summed E-state index contributed by atoms with van der Waals surface area (Å²) in [6.45, 7) is 3.34. The molecular weight excluding hydrogens is 494 g/mol. The van der Waals surface area contributed by atoms with Gasteiger partial charge >= 0.3 is 0 Å². The molecule has 1 fully saturated rings. The largest absolute Gasteiger partial charge is 0.508 e. The molecule has 2 aromatic heterocycles. The molecule has 4 N–H and O–H groups in total. The molecule has 1 atom stereocenters. The van der Waals surface area contributed by atoms with Crippen molar-refractivity contribution in [1.29, 1.82) is 0 Å². The van der Waals surface area contributed by atoms with E-state index in [4.69, 9.17) is 9.97 Å². The molecule has 4 aromatic rings. The zero-order valence-corrected chi connectivity index (χ0v) is 21.3. The predicted octanol–water partition coefficient (Wildman–Crippen LogP) is 2.29. The standard InChI is InChI=1S/C26H31N7O3.ClH/c34-15-14-33-18-27-23-24(28-20(17-35)16-19-4-2-1-3-5-19)29-26(30-25(23)33)32-12-10-31(11-13-32)21-6-8-22(36)9-7-21;/h1-9,18,20,34-36H,10-17H2,(H,28,29,30);1H/t20-;/m1./s1. The van der Waals surface area contributed by atoms with Crippen LogP contribution in [0.5, 0.6) is 5.75 Å². The van der Waals surface area contributed by atoms with Crippen LogP contribution in [-0.4, -0.2) is 80.3 Å². The van der Waals surface area contributed by atoms with Crippen molar-refractivity contribution in [3.63, 3.8) is 0 Å².